The largest absolute Gasteiger partial charge is 0.459 e. The molecule has 3 aromatic rings. The minimum atomic E-state index is -0.295. The molecule has 130 valence electrons. The van der Waals surface area contributed by atoms with Gasteiger partial charge < -0.3 is 9.73 Å². The lowest BCUT2D eigenvalue weighted by Gasteiger charge is -2.14. The Labute approximate surface area is 147 Å². The van der Waals surface area contributed by atoms with Gasteiger partial charge in [0.05, 0.1) is 17.6 Å². The highest BCUT2D eigenvalue weighted by Crippen LogP contribution is 2.28. The van der Waals surface area contributed by atoms with Gasteiger partial charge in [0.1, 0.15) is 5.82 Å². The maximum absolute atomic E-state index is 12.4. The molecule has 1 amide bonds. The zero-order valence-corrected chi connectivity index (χ0v) is 15.3. The summed E-state index contributed by atoms with van der Waals surface area (Å²) in [6, 6.07) is 11.4. The van der Waals surface area contributed by atoms with Crippen LogP contribution < -0.4 is 5.32 Å². The summed E-state index contributed by atoms with van der Waals surface area (Å²) in [5.41, 5.74) is 3.99. The highest BCUT2D eigenvalue weighted by Gasteiger charge is 2.22. The molecule has 0 spiro atoms. The standard InChI is InChI=1S/C20H23N3O2/c1-13-8-9-15(14(2)11-13)23-18(12-17(22-23)20(3,4)5)21-19(24)16-7-6-10-25-16/h6-12H,1-5H3,(H,21,24). The molecule has 1 aromatic carbocycles. The van der Waals surface area contributed by atoms with E-state index in [9.17, 15) is 4.79 Å². The third kappa shape index (κ3) is 3.50. The van der Waals surface area contributed by atoms with Crippen molar-refractivity contribution in [2.75, 3.05) is 5.32 Å². The van der Waals surface area contributed by atoms with Crippen molar-refractivity contribution in [2.45, 2.75) is 40.0 Å². The lowest BCUT2D eigenvalue weighted by atomic mass is 9.92. The quantitative estimate of drug-likeness (QED) is 0.758. The van der Waals surface area contributed by atoms with Crippen LogP contribution in [0.3, 0.4) is 0 Å². The molecule has 5 heteroatoms. The fourth-order valence-electron chi connectivity index (χ4n) is 2.65. The molecule has 0 fully saturated rings. The fraction of sp³-hybridized carbons (Fsp3) is 0.300. The number of benzene rings is 1. The van der Waals surface area contributed by atoms with Crippen LogP contribution in [0.1, 0.15) is 48.1 Å². The molecule has 0 aliphatic carbocycles. The Morgan fingerprint density at radius 1 is 1.16 bits per heavy atom. The van der Waals surface area contributed by atoms with Crippen molar-refractivity contribution >= 4 is 11.7 Å². The third-order valence-corrected chi connectivity index (χ3v) is 4.04. The van der Waals surface area contributed by atoms with E-state index >= 15 is 0 Å². The average molecular weight is 337 g/mol. The number of nitrogens with one attached hydrogen (secondary N) is 1. The van der Waals surface area contributed by atoms with Crippen LogP contribution in [0.25, 0.3) is 5.69 Å². The molecule has 0 saturated carbocycles. The summed E-state index contributed by atoms with van der Waals surface area (Å²) >= 11 is 0. The molecule has 0 aliphatic heterocycles. The van der Waals surface area contributed by atoms with Gasteiger partial charge in [-0.15, -0.1) is 0 Å². The smallest absolute Gasteiger partial charge is 0.292 e. The topological polar surface area (TPSA) is 60.1 Å². The summed E-state index contributed by atoms with van der Waals surface area (Å²) in [5, 5.41) is 7.66. The summed E-state index contributed by atoms with van der Waals surface area (Å²) in [6.45, 7) is 10.4. The first kappa shape index (κ1) is 17.0. The Morgan fingerprint density at radius 3 is 2.52 bits per heavy atom. The number of anilines is 1. The second-order valence-corrected chi connectivity index (χ2v) is 7.30. The van der Waals surface area contributed by atoms with Gasteiger partial charge in [-0.3, -0.25) is 4.79 Å². The van der Waals surface area contributed by atoms with Gasteiger partial charge in [0.25, 0.3) is 5.91 Å². The van der Waals surface area contributed by atoms with Crippen LogP contribution in [0.5, 0.6) is 0 Å². The monoisotopic (exact) mass is 337 g/mol. The van der Waals surface area contributed by atoms with Crippen molar-refractivity contribution in [3.63, 3.8) is 0 Å². The number of nitrogens with zero attached hydrogens (tertiary/aromatic N) is 2. The first-order valence-electron chi connectivity index (χ1n) is 8.29. The van der Waals surface area contributed by atoms with Crippen LogP contribution in [0.15, 0.2) is 47.1 Å². The minimum absolute atomic E-state index is 0.131. The lowest BCUT2D eigenvalue weighted by molar-refractivity contribution is 0.0996. The molecule has 1 N–H and O–H groups in total. The van der Waals surface area contributed by atoms with Gasteiger partial charge >= 0.3 is 0 Å². The van der Waals surface area contributed by atoms with Crippen LogP contribution in [-0.4, -0.2) is 15.7 Å². The van der Waals surface area contributed by atoms with E-state index in [1.165, 1.54) is 11.8 Å². The minimum Gasteiger partial charge on any atom is -0.459 e. The van der Waals surface area contributed by atoms with Crippen LogP contribution in [-0.2, 0) is 5.41 Å². The SMILES string of the molecule is Cc1ccc(-n2nc(C(C)(C)C)cc2NC(=O)c2ccco2)c(C)c1. The third-order valence-electron chi connectivity index (χ3n) is 4.04. The highest BCUT2D eigenvalue weighted by atomic mass is 16.3. The van der Waals surface area contributed by atoms with Crippen molar-refractivity contribution in [1.82, 2.24) is 9.78 Å². The highest BCUT2D eigenvalue weighted by molar-refractivity contribution is 6.01. The lowest BCUT2D eigenvalue weighted by Crippen LogP contribution is -2.15. The Bertz CT molecular complexity index is 900. The number of rotatable bonds is 3. The Morgan fingerprint density at radius 2 is 1.92 bits per heavy atom. The molecule has 0 atom stereocenters. The number of aromatic nitrogens is 2. The van der Waals surface area contributed by atoms with Crippen LogP contribution >= 0.6 is 0 Å². The molecule has 3 rings (SSSR count). The molecule has 0 saturated heterocycles. The van der Waals surface area contributed by atoms with Crippen molar-refractivity contribution in [3.05, 3.63) is 65.2 Å². The summed E-state index contributed by atoms with van der Waals surface area (Å²) in [6.07, 6.45) is 1.48. The molecule has 2 aromatic heterocycles. The van der Waals surface area contributed by atoms with Gasteiger partial charge in [-0.25, -0.2) is 4.68 Å². The summed E-state index contributed by atoms with van der Waals surface area (Å²) in [5.74, 6) is 0.598. The van der Waals surface area contributed by atoms with Gasteiger partial charge in [0, 0.05) is 11.5 Å². The Balaban J connectivity index is 2.06. The number of amides is 1. The van der Waals surface area contributed by atoms with Gasteiger partial charge in [-0.05, 0) is 37.6 Å². The van der Waals surface area contributed by atoms with E-state index < -0.39 is 0 Å². The van der Waals surface area contributed by atoms with Crippen molar-refractivity contribution in [2.24, 2.45) is 0 Å². The normalized spacial score (nSPS) is 11.6. The van der Waals surface area contributed by atoms with Crippen molar-refractivity contribution in [3.8, 4) is 5.69 Å². The van der Waals surface area contributed by atoms with Crippen molar-refractivity contribution in [1.29, 1.82) is 0 Å². The number of aryl methyl sites for hydroxylation is 2. The molecule has 0 bridgehead atoms. The Kier molecular flexibility index (Phi) is 4.25. The van der Waals surface area contributed by atoms with Crippen molar-refractivity contribution < 1.29 is 9.21 Å². The van der Waals surface area contributed by atoms with Gasteiger partial charge in [-0.2, -0.15) is 5.10 Å². The molecule has 5 nitrogen and oxygen atoms in total. The Hall–Kier alpha value is -2.82. The van der Waals surface area contributed by atoms with Gasteiger partial charge in [-0.1, -0.05) is 38.5 Å². The summed E-state index contributed by atoms with van der Waals surface area (Å²) in [7, 11) is 0. The zero-order valence-electron chi connectivity index (χ0n) is 15.3. The molecule has 0 aliphatic rings. The summed E-state index contributed by atoms with van der Waals surface area (Å²) < 4.78 is 6.97. The van der Waals surface area contributed by atoms with Gasteiger partial charge in [0.15, 0.2) is 5.76 Å². The second-order valence-electron chi connectivity index (χ2n) is 7.30. The molecule has 25 heavy (non-hydrogen) atoms. The number of hydrogen-bond acceptors (Lipinski definition) is 3. The number of carbonyl (C=O) groups excluding carboxylic acids is 1. The maximum Gasteiger partial charge on any atom is 0.292 e. The molecule has 2 heterocycles. The molecule has 0 unspecified atom stereocenters. The number of carbonyl (C=O) groups is 1. The first-order chi connectivity index (χ1) is 11.8. The van der Waals surface area contributed by atoms with E-state index in [1.54, 1.807) is 16.8 Å². The van der Waals surface area contributed by atoms with Crippen LogP contribution in [0, 0.1) is 13.8 Å². The zero-order chi connectivity index (χ0) is 18.2. The van der Waals surface area contributed by atoms with Crippen LogP contribution in [0.2, 0.25) is 0 Å². The van der Waals surface area contributed by atoms with E-state index in [0.29, 0.717) is 5.82 Å². The predicted molar refractivity (Wildman–Crippen MR) is 98.4 cm³/mol. The van der Waals surface area contributed by atoms with Crippen LogP contribution in [0.4, 0.5) is 5.82 Å². The molecule has 0 radical (unpaired) electrons. The number of hydrogen-bond donors (Lipinski definition) is 1. The van der Waals surface area contributed by atoms with E-state index in [0.717, 1.165) is 16.9 Å². The average Bonchev–Trinajstić information content (AvgIpc) is 3.16. The maximum atomic E-state index is 12.4. The summed E-state index contributed by atoms with van der Waals surface area (Å²) in [4.78, 5) is 12.4. The fourth-order valence-corrected chi connectivity index (χ4v) is 2.65. The van der Waals surface area contributed by atoms with E-state index in [4.69, 9.17) is 9.52 Å². The second kappa shape index (κ2) is 6.24. The van der Waals surface area contributed by atoms with E-state index in [2.05, 4.69) is 39.1 Å². The van der Waals surface area contributed by atoms with Gasteiger partial charge in [0.2, 0.25) is 0 Å². The molecular weight excluding hydrogens is 314 g/mol. The van der Waals surface area contributed by atoms with E-state index in [-0.39, 0.29) is 17.1 Å². The predicted octanol–water partition coefficient (Wildman–Crippen LogP) is 4.63. The molecular formula is C20H23N3O2. The van der Waals surface area contributed by atoms with E-state index in [1.807, 2.05) is 25.1 Å². The number of furan rings is 1. The first-order valence-corrected chi connectivity index (χ1v) is 8.29.